The minimum absolute atomic E-state index is 0.0608. The molecule has 4 saturated heterocycles. The van der Waals surface area contributed by atoms with Crippen LogP contribution < -0.4 is 9.80 Å². The van der Waals surface area contributed by atoms with Crippen molar-refractivity contribution in [3.63, 3.8) is 0 Å². The first-order chi connectivity index (χ1) is 22.8. The Morgan fingerprint density at radius 1 is 1.08 bits per heavy atom. The standard InChI is InChI=1S/C35H51F2N7O4/c1-22-8-11-38-30(35(46-7)10-17-47-21-35)29(22)25-9-12-43(23(2)18-25)27-19-28(40-32(39-27)31(36)37)44-20-26(24(44)3)41-13-15-42(16-14-41)33(45)48-34(4,5)6/h8,11,19,23-26,31H,9-10,12-18,20-21H2,1-7H3/t23-,24-,25+,26-,35-/m1/s1. The number of alkyl halides is 2. The van der Waals surface area contributed by atoms with Gasteiger partial charge >= 0.3 is 6.09 Å². The summed E-state index contributed by atoms with van der Waals surface area (Å²) in [6, 6.07) is 4.32. The van der Waals surface area contributed by atoms with Crippen molar-refractivity contribution in [2.45, 2.75) is 102 Å². The summed E-state index contributed by atoms with van der Waals surface area (Å²) >= 11 is 0. The zero-order valence-electron chi connectivity index (χ0n) is 29.4. The van der Waals surface area contributed by atoms with Crippen molar-refractivity contribution >= 4 is 17.7 Å². The summed E-state index contributed by atoms with van der Waals surface area (Å²) in [7, 11) is 1.73. The van der Waals surface area contributed by atoms with Crippen molar-refractivity contribution in [1.82, 2.24) is 24.8 Å². The van der Waals surface area contributed by atoms with Gasteiger partial charge in [-0.25, -0.2) is 23.5 Å². The van der Waals surface area contributed by atoms with Gasteiger partial charge in [0.2, 0.25) is 0 Å². The van der Waals surface area contributed by atoms with Crippen LogP contribution in [-0.2, 0) is 19.8 Å². The number of halogens is 2. The van der Waals surface area contributed by atoms with E-state index < -0.39 is 23.5 Å². The van der Waals surface area contributed by atoms with Crippen molar-refractivity contribution in [2.24, 2.45) is 0 Å². The number of anilines is 2. The van der Waals surface area contributed by atoms with E-state index in [4.69, 9.17) is 19.2 Å². The number of hydrogen-bond acceptors (Lipinski definition) is 10. The number of amides is 1. The van der Waals surface area contributed by atoms with E-state index in [1.165, 1.54) is 11.1 Å². The molecule has 13 heteroatoms. The third kappa shape index (κ3) is 6.82. The van der Waals surface area contributed by atoms with Gasteiger partial charge in [0.05, 0.1) is 12.3 Å². The van der Waals surface area contributed by atoms with Crippen LogP contribution in [0.4, 0.5) is 25.2 Å². The highest BCUT2D eigenvalue weighted by atomic mass is 19.3. The number of methoxy groups -OCH3 is 1. The van der Waals surface area contributed by atoms with Crippen LogP contribution in [0.3, 0.4) is 0 Å². The van der Waals surface area contributed by atoms with Gasteiger partial charge < -0.3 is 28.9 Å². The molecule has 0 spiro atoms. The summed E-state index contributed by atoms with van der Waals surface area (Å²) in [5, 5.41) is 0. The van der Waals surface area contributed by atoms with Gasteiger partial charge in [0, 0.05) is 89.8 Å². The van der Waals surface area contributed by atoms with E-state index in [0.29, 0.717) is 51.0 Å². The van der Waals surface area contributed by atoms with E-state index in [9.17, 15) is 13.6 Å². The van der Waals surface area contributed by atoms with Crippen LogP contribution in [0.5, 0.6) is 0 Å². The fourth-order valence-electron chi connectivity index (χ4n) is 7.92. The van der Waals surface area contributed by atoms with E-state index in [1.807, 2.05) is 33.0 Å². The third-order valence-electron chi connectivity index (χ3n) is 10.7. The minimum atomic E-state index is -2.77. The summed E-state index contributed by atoms with van der Waals surface area (Å²) in [4.78, 5) is 34.5. The van der Waals surface area contributed by atoms with Gasteiger partial charge in [-0.2, -0.15) is 0 Å². The highest BCUT2D eigenvalue weighted by Crippen LogP contribution is 2.43. The Morgan fingerprint density at radius 2 is 1.79 bits per heavy atom. The van der Waals surface area contributed by atoms with Crippen molar-refractivity contribution in [3.05, 3.63) is 41.0 Å². The number of piperazine rings is 1. The smallest absolute Gasteiger partial charge is 0.410 e. The van der Waals surface area contributed by atoms with Gasteiger partial charge in [-0.3, -0.25) is 9.88 Å². The number of carbonyl (C=O) groups excluding carboxylic acids is 1. The molecule has 6 rings (SSSR count). The van der Waals surface area contributed by atoms with E-state index in [-0.39, 0.29) is 30.1 Å². The topological polar surface area (TPSA) is 96.4 Å². The SMILES string of the molecule is CO[C@]1(c2nccc(C)c2[C@H]2CCN(c3cc(N4C[C@@H](N5CCN(C(=O)OC(C)(C)C)CC5)[C@H]4C)nc(C(F)F)n3)[C@H](C)C2)CCOC1. The quantitative estimate of drug-likeness (QED) is 0.387. The molecule has 0 aliphatic carbocycles. The van der Waals surface area contributed by atoms with Crippen LogP contribution in [0.2, 0.25) is 0 Å². The van der Waals surface area contributed by atoms with Crippen LogP contribution in [0.15, 0.2) is 18.3 Å². The maximum atomic E-state index is 14.2. The van der Waals surface area contributed by atoms with Gasteiger partial charge in [0.15, 0.2) is 5.82 Å². The highest BCUT2D eigenvalue weighted by Gasteiger charge is 2.44. The summed E-state index contributed by atoms with van der Waals surface area (Å²) in [5.41, 5.74) is 2.29. The molecule has 4 aliphatic rings. The van der Waals surface area contributed by atoms with Gasteiger partial charge in [-0.1, -0.05) is 0 Å². The van der Waals surface area contributed by atoms with Gasteiger partial charge in [-0.05, 0) is 77.5 Å². The lowest BCUT2D eigenvalue weighted by Crippen LogP contribution is -2.68. The number of piperidine rings is 1. The number of aromatic nitrogens is 3. The monoisotopic (exact) mass is 671 g/mol. The maximum absolute atomic E-state index is 14.2. The minimum Gasteiger partial charge on any atom is -0.444 e. The molecule has 0 unspecified atom stereocenters. The Balaban J connectivity index is 1.14. The number of hydrogen-bond donors (Lipinski definition) is 0. The van der Waals surface area contributed by atoms with Crippen molar-refractivity contribution < 1.29 is 27.8 Å². The molecule has 2 aromatic rings. The summed E-state index contributed by atoms with van der Waals surface area (Å²) in [6.45, 7) is 17.1. The molecule has 0 aromatic carbocycles. The van der Waals surface area contributed by atoms with Crippen LogP contribution >= 0.6 is 0 Å². The second-order valence-corrected chi connectivity index (χ2v) is 14.9. The molecule has 4 fully saturated rings. The molecule has 11 nitrogen and oxygen atoms in total. The van der Waals surface area contributed by atoms with Gasteiger partial charge in [-0.15, -0.1) is 0 Å². The first-order valence-electron chi connectivity index (χ1n) is 17.3. The first-order valence-corrected chi connectivity index (χ1v) is 17.3. The second kappa shape index (κ2) is 13.6. The van der Waals surface area contributed by atoms with E-state index in [2.05, 4.69) is 51.5 Å². The molecule has 4 aliphatic heterocycles. The van der Waals surface area contributed by atoms with E-state index in [1.54, 1.807) is 12.0 Å². The van der Waals surface area contributed by atoms with Crippen LogP contribution in [-0.4, -0.2) is 114 Å². The number of ether oxygens (including phenoxy) is 3. The Hall–Kier alpha value is -3.16. The summed E-state index contributed by atoms with van der Waals surface area (Å²) in [6.07, 6.45) is 1.23. The molecule has 0 radical (unpaired) electrons. The molecule has 48 heavy (non-hydrogen) atoms. The molecule has 6 heterocycles. The maximum Gasteiger partial charge on any atom is 0.410 e. The van der Waals surface area contributed by atoms with Crippen molar-refractivity contribution in [3.8, 4) is 0 Å². The van der Waals surface area contributed by atoms with Gasteiger partial charge in [0.1, 0.15) is 22.8 Å². The Morgan fingerprint density at radius 3 is 2.38 bits per heavy atom. The zero-order chi connectivity index (χ0) is 34.4. The first kappa shape index (κ1) is 34.7. The lowest BCUT2D eigenvalue weighted by Gasteiger charge is -2.53. The average molecular weight is 672 g/mol. The number of carbonyl (C=O) groups is 1. The molecular formula is C35H51F2N7O4. The predicted octanol–water partition coefficient (Wildman–Crippen LogP) is 5.28. The molecule has 1 amide bonds. The van der Waals surface area contributed by atoms with Crippen molar-refractivity contribution in [2.75, 3.05) is 69.4 Å². The molecule has 2 aromatic heterocycles. The van der Waals surface area contributed by atoms with Gasteiger partial charge in [0.25, 0.3) is 6.43 Å². The fraction of sp³-hybridized carbons (Fsp3) is 0.714. The number of nitrogens with zero attached hydrogens (tertiary/aromatic N) is 7. The summed E-state index contributed by atoms with van der Waals surface area (Å²) < 4.78 is 45.7. The van der Waals surface area contributed by atoms with Crippen LogP contribution in [0.25, 0.3) is 0 Å². The number of pyridine rings is 1. The molecule has 0 bridgehead atoms. The average Bonchev–Trinajstić information content (AvgIpc) is 3.54. The molecule has 5 atom stereocenters. The highest BCUT2D eigenvalue weighted by molar-refractivity contribution is 5.68. The number of aryl methyl sites for hydroxylation is 1. The van der Waals surface area contributed by atoms with E-state index >= 15 is 0 Å². The third-order valence-corrected chi connectivity index (χ3v) is 10.7. The largest absolute Gasteiger partial charge is 0.444 e. The Kier molecular flexibility index (Phi) is 9.85. The normalized spacial score (nSPS) is 28.6. The van der Waals surface area contributed by atoms with E-state index in [0.717, 1.165) is 38.0 Å². The van der Waals surface area contributed by atoms with Crippen molar-refractivity contribution in [1.29, 1.82) is 0 Å². The predicted molar refractivity (Wildman–Crippen MR) is 179 cm³/mol. The molecule has 0 N–H and O–H groups in total. The molecule has 0 saturated carbocycles. The second-order valence-electron chi connectivity index (χ2n) is 14.9. The Labute approximate surface area is 282 Å². The fourth-order valence-corrected chi connectivity index (χ4v) is 7.92. The zero-order valence-corrected chi connectivity index (χ0v) is 29.4. The lowest BCUT2D eigenvalue weighted by atomic mass is 9.79. The Bertz CT molecular complexity index is 1460. The van der Waals surface area contributed by atoms with Crippen LogP contribution in [0, 0.1) is 6.92 Å². The van der Waals surface area contributed by atoms with Crippen LogP contribution in [0.1, 0.15) is 88.9 Å². The molecular weight excluding hydrogens is 620 g/mol. The lowest BCUT2D eigenvalue weighted by molar-refractivity contribution is -0.0257. The summed E-state index contributed by atoms with van der Waals surface area (Å²) in [5.74, 6) is 0.889. The number of rotatable bonds is 7. The molecule has 264 valence electrons.